The van der Waals surface area contributed by atoms with Crippen molar-refractivity contribution < 1.29 is 4.79 Å². The molecule has 1 N–H and O–H groups in total. The van der Waals surface area contributed by atoms with Gasteiger partial charge < -0.3 is 5.32 Å². The lowest BCUT2D eigenvalue weighted by Crippen LogP contribution is -2.12. The molecule has 0 heterocycles. The van der Waals surface area contributed by atoms with Crippen molar-refractivity contribution in [1.29, 1.82) is 0 Å². The maximum Gasteiger partial charge on any atom is 0.224 e. The minimum absolute atomic E-state index is 0.0621. The van der Waals surface area contributed by atoms with Crippen LogP contribution in [0.25, 0.3) is 0 Å². The van der Waals surface area contributed by atoms with Gasteiger partial charge in [-0.25, -0.2) is 0 Å². The Balaban J connectivity index is 1.88. The van der Waals surface area contributed by atoms with Crippen LogP contribution >= 0.6 is 0 Å². The molecule has 0 saturated carbocycles. The van der Waals surface area contributed by atoms with Crippen molar-refractivity contribution in [3.05, 3.63) is 65.2 Å². The first-order chi connectivity index (χ1) is 9.13. The number of amides is 1. The summed E-state index contributed by atoms with van der Waals surface area (Å²) in [5, 5.41) is 2.93. The van der Waals surface area contributed by atoms with E-state index in [1.165, 1.54) is 11.1 Å². The lowest BCUT2D eigenvalue weighted by atomic mass is 10.1. The molecule has 0 aliphatic rings. The molecule has 0 bridgehead atoms. The van der Waals surface area contributed by atoms with Gasteiger partial charge in [0, 0.05) is 12.1 Å². The molecule has 0 aliphatic carbocycles. The minimum Gasteiger partial charge on any atom is -0.326 e. The Labute approximate surface area is 114 Å². The Hall–Kier alpha value is -2.09. The van der Waals surface area contributed by atoms with Gasteiger partial charge in [-0.05, 0) is 43.5 Å². The van der Waals surface area contributed by atoms with Crippen LogP contribution < -0.4 is 5.32 Å². The zero-order valence-corrected chi connectivity index (χ0v) is 11.4. The van der Waals surface area contributed by atoms with Crippen molar-refractivity contribution in [2.24, 2.45) is 0 Å². The van der Waals surface area contributed by atoms with Gasteiger partial charge in [0.05, 0.1) is 0 Å². The number of nitrogens with one attached hydrogen (secondary N) is 1. The summed E-state index contributed by atoms with van der Waals surface area (Å²) in [6.07, 6.45) is 1.29. The van der Waals surface area contributed by atoms with Crippen molar-refractivity contribution in [3.63, 3.8) is 0 Å². The van der Waals surface area contributed by atoms with Gasteiger partial charge in [0.1, 0.15) is 0 Å². The highest BCUT2D eigenvalue weighted by Gasteiger charge is 2.03. The average Bonchev–Trinajstić information content (AvgIpc) is 2.36. The predicted molar refractivity (Wildman–Crippen MR) is 79.3 cm³/mol. The first kappa shape index (κ1) is 13.3. The third-order valence-electron chi connectivity index (χ3n) is 3.03. The SMILES string of the molecule is Cc1cccc(CCC(=O)Nc2cccc(C)c2)c1. The number of carbonyl (C=O) groups is 1. The van der Waals surface area contributed by atoms with E-state index in [1.807, 2.05) is 37.3 Å². The van der Waals surface area contributed by atoms with Crippen molar-refractivity contribution in [2.75, 3.05) is 5.32 Å². The number of carbonyl (C=O) groups excluding carboxylic acids is 1. The number of benzene rings is 2. The minimum atomic E-state index is 0.0621. The third kappa shape index (κ3) is 4.25. The van der Waals surface area contributed by atoms with Crippen molar-refractivity contribution >= 4 is 11.6 Å². The molecule has 0 radical (unpaired) electrons. The summed E-state index contributed by atoms with van der Waals surface area (Å²) < 4.78 is 0. The quantitative estimate of drug-likeness (QED) is 0.880. The van der Waals surface area contributed by atoms with Crippen molar-refractivity contribution in [2.45, 2.75) is 26.7 Å². The highest BCUT2D eigenvalue weighted by molar-refractivity contribution is 5.90. The van der Waals surface area contributed by atoms with Crippen molar-refractivity contribution in [1.82, 2.24) is 0 Å². The first-order valence-electron chi connectivity index (χ1n) is 6.55. The predicted octanol–water partition coefficient (Wildman–Crippen LogP) is 3.87. The van der Waals surface area contributed by atoms with E-state index in [1.54, 1.807) is 0 Å². The Morgan fingerprint density at radius 2 is 1.68 bits per heavy atom. The normalized spacial score (nSPS) is 10.2. The van der Waals surface area contributed by atoms with Gasteiger partial charge in [0.25, 0.3) is 0 Å². The summed E-state index contributed by atoms with van der Waals surface area (Å²) in [6.45, 7) is 4.08. The molecule has 0 fully saturated rings. The van der Waals surface area contributed by atoms with E-state index >= 15 is 0 Å². The largest absolute Gasteiger partial charge is 0.326 e. The highest BCUT2D eigenvalue weighted by atomic mass is 16.1. The Morgan fingerprint density at radius 3 is 2.37 bits per heavy atom. The number of anilines is 1. The summed E-state index contributed by atoms with van der Waals surface area (Å²) in [7, 11) is 0. The van der Waals surface area contributed by atoms with Crippen LogP contribution in [0.5, 0.6) is 0 Å². The van der Waals surface area contributed by atoms with Crippen LogP contribution in [0.15, 0.2) is 48.5 Å². The molecule has 0 aliphatic heterocycles. The summed E-state index contributed by atoms with van der Waals surface area (Å²) >= 11 is 0. The molecular weight excluding hydrogens is 234 g/mol. The van der Waals surface area contributed by atoms with Crippen LogP contribution in [0.2, 0.25) is 0 Å². The zero-order chi connectivity index (χ0) is 13.7. The Bertz CT molecular complexity index is 575. The third-order valence-corrected chi connectivity index (χ3v) is 3.03. The van der Waals surface area contributed by atoms with Crippen LogP contribution in [0.1, 0.15) is 23.1 Å². The van der Waals surface area contributed by atoms with Gasteiger partial charge in [0.2, 0.25) is 5.91 Å². The zero-order valence-electron chi connectivity index (χ0n) is 11.4. The number of rotatable bonds is 4. The van der Waals surface area contributed by atoms with Gasteiger partial charge in [-0.1, -0.05) is 42.0 Å². The molecule has 0 atom stereocenters. The summed E-state index contributed by atoms with van der Waals surface area (Å²) in [5.74, 6) is 0.0621. The van der Waals surface area contributed by atoms with E-state index in [0.717, 1.165) is 17.7 Å². The Morgan fingerprint density at radius 1 is 1.00 bits per heavy atom. The fraction of sp³-hybridized carbons (Fsp3) is 0.235. The van der Waals surface area contributed by atoms with E-state index in [2.05, 4.69) is 30.4 Å². The molecule has 2 nitrogen and oxygen atoms in total. The van der Waals surface area contributed by atoms with Crippen LogP contribution in [-0.4, -0.2) is 5.91 Å². The maximum atomic E-state index is 11.9. The molecule has 0 spiro atoms. The molecule has 0 saturated heterocycles. The van der Waals surface area contributed by atoms with Crippen molar-refractivity contribution in [3.8, 4) is 0 Å². The summed E-state index contributed by atoms with van der Waals surface area (Å²) in [5.41, 5.74) is 4.46. The molecule has 0 aromatic heterocycles. The molecule has 2 rings (SSSR count). The number of hydrogen-bond acceptors (Lipinski definition) is 1. The molecule has 19 heavy (non-hydrogen) atoms. The maximum absolute atomic E-state index is 11.9. The highest BCUT2D eigenvalue weighted by Crippen LogP contribution is 2.11. The van der Waals surface area contributed by atoms with E-state index in [0.29, 0.717) is 6.42 Å². The molecule has 2 aromatic rings. The van der Waals surface area contributed by atoms with Gasteiger partial charge in [-0.15, -0.1) is 0 Å². The van der Waals surface area contributed by atoms with Gasteiger partial charge in [0.15, 0.2) is 0 Å². The molecular formula is C17H19NO. The standard InChI is InChI=1S/C17H19NO/c1-13-5-3-7-15(11-13)9-10-17(19)18-16-8-4-6-14(2)12-16/h3-8,11-12H,9-10H2,1-2H3,(H,18,19). The molecule has 98 valence electrons. The lowest BCUT2D eigenvalue weighted by molar-refractivity contribution is -0.116. The van der Waals surface area contributed by atoms with Crippen LogP contribution in [-0.2, 0) is 11.2 Å². The molecule has 1 amide bonds. The van der Waals surface area contributed by atoms with Crippen LogP contribution in [0.4, 0.5) is 5.69 Å². The monoisotopic (exact) mass is 253 g/mol. The van der Waals surface area contributed by atoms with E-state index in [4.69, 9.17) is 0 Å². The summed E-state index contributed by atoms with van der Waals surface area (Å²) in [6, 6.07) is 16.1. The fourth-order valence-corrected chi connectivity index (χ4v) is 2.07. The van der Waals surface area contributed by atoms with E-state index < -0.39 is 0 Å². The second kappa shape index (κ2) is 6.19. The van der Waals surface area contributed by atoms with Crippen LogP contribution in [0.3, 0.4) is 0 Å². The van der Waals surface area contributed by atoms with Gasteiger partial charge in [-0.3, -0.25) is 4.79 Å². The molecule has 2 aromatic carbocycles. The number of hydrogen-bond donors (Lipinski definition) is 1. The lowest BCUT2D eigenvalue weighted by Gasteiger charge is -2.06. The van der Waals surface area contributed by atoms with E-state index in [9.17, 15) is 4.79 Å². The average molecular weight is 253 g/mol. The second-order valence-corrected chi connectivity index (χ2v) is 4.91. The second-order valence-electron chi connectivity index (χ2n) is 4.91. The first-order valence-corrected chi connectivity index (χ1v) is 6.55. The molecule has 0 unspecified atom stereocenters. The van der Waals surface area contributed by atoms with Gasteiger partial charge >= 0.3 is 0 Å². The number of aryl methyl sites for hydroxylation is 3. The Kier molecular flexibility index (Phi) is 4.35. The summed E-state index contributed by atoms with van der Waals surface area (Å²) in [4.78, 5) is 11.9. The topological polar surface area (TPSA) is 29.1 Å². The smallest absolute Gasteiger partial charge is 0.224 e. The fourth-order valence-electron chi connectivity index (χ4n) is 2.07. The van der Waals surface area contributed by atoms with Crippen LogP contribution in [0, 0.1) is 13.8 Å². The molecule has 2 heteroatoms. The van der Waals surface area contributed by atoms with E-state index in [-0.39, 0.29) is 5.91 Å². The van der Waals surface area contributed by atoms with Gasteiger partial charge in [-0.2, -0.15) is 0 Å².